The van der Waals surface area contributed by atoms with Crippen molar-refractivity contribution >= 4 is 28.2 Å². The van der Waals surface area contributed by atoms with Gasteiger partial charge in [-0.3, -0.25) is 4.39 Å². The predicted molar refractivity (Wildman–Crippen MR) is 38.4 cm³/mol. The third-order valence-electron chi connectivity index (χ3n) is 0.522. The lowest BCUT2D eigenvalue weighted by Gasteiger charge is -1.87. The summed E-state index contributed by atoms with van der Waals surface area (Å²) in [5.41, 5.74) is 0. The molecule has 0 aromatic rings. The molecular weight excluding hydrogens is 246 g/mol. The highest BCUT2D eigenvalue weighted by molar-refractivity contribution is 14.2. The Morgan fingerprint density at radius 2 is 2.00 bits per heavy atom. The van der Waals surface area contributed by atoms with Crippen LogP contribution < -0.4 is 0 Å². The second kappa shape index (κ2) is 3.60. The largest absolute Gasteiger partial charge is 0.251 e. The van der Waals surface area contributed by atoms with Crippen LogP contribution in [0.25, 0.3) is 0 Å². The molecule has 0 fully saturated rings. The monoisotopic (exact) mass is 252 g/mol. The van der Waals surface area contributed by atoms with Crippen LogP contribution in [0.2, 0.25) is 0 Å². The van der Waals surface area contributed by atoms with E-state index in [0.29, 0.717) is 0 Å². The summed E-state index contributed by atoms with van der Waals surface area (Å²) in [4.78, 5) is 0. The second-order valence-corrected chi connectivity index (χ2v) is 6.80. The quantitative estimate of drug-likeness (QED) is 0.557. The Kier molecular flexibility index (Phi) is 3.87. The molecule has 0 unspecified atom stereocenters. The molecule has 0 aromatic carbocycles. The smallest absolute Gasteiger partial charge is 0.203 e. The van der Waals surface area contributed by atoms with Crippen molar-refractivity contribution in [1.29, 1.82) is 0 Å². The zero-order valence-electron chi connectivity index (χ0n) is 4.10. The number of rotatable bonds is 3. The van der Waals surface area contributed by atoms with Gasteiger partial charge in [-0.25, -0.2) is 8.42 Å². The summed E-state index contributed by atoms with van der Waals surface area (Å²) in [5.74, 6) is -0.0515. The summed E-state index contributed by atoms with van der Waals surface area (Å²) < 4.78 is 31.7. The van der Waals surface area contributed by atoms with Crippen molar-refractivity contribution in [3.05, 3.63) is 0 Å². The summed E-state index contributed by atoms with van der Waals surface area (Å²) in [5, 5.41) is 0. The molecule has 0 saturated heterocycles. The number of hydrogen-bond acceptors (Lipinski definition) is 2. The van der Waals surface area contributed by atoms with Gasteiger partial charge in [-0.2, -0.15) is 0 Å². The Hall–Kier alpha value is 0.610. The first-order valence-corrected chi connectivity index (χ1v) is 6.24. The number of alkyl halides is 1. The lowest BCUT2D eigenvalue weighted by Crippen LogP contribution is -1.96. The summed E-state index contributed by atoms with van der Waals surface area (Å²) in [6.45, 7) is -0.553. The van der Waals surface area contributed by atoms with E-state index in [9.17, 15) is 12.8 Å². The van der Waals surface area contributed by atoms with Gasteiger partial charge in [0.25, 0.3) is 0 Å². The van der Waals surface area contributed by atoms with E-state index in [0.717, 1.165) is 0 Å². The highest BCUT2D eigenvalue weighted by Crippen LogP contribution is 2.02. The maximum absolute atomic E-state index is 11.3. The Morgan fingerprint density at radius 3 is 2.12 bits per heavy atom. The molecule has 0 radical (unpaired) electrons. The highest BCUT2D eigenvalue weighted by atomic mass is 127. The first-order chi connectivity index (χ1) is 3.56. The van der Waals surface area contributed by atoms with Crippen LogP contribution >= 0.6 is 21.2 Å². The van der Waals surface area contributed by atoms with Gasteiger partial charge < -0.3 is 0 Å². The van der Waals surface area contributed by atoms with E-state index in [1.54, 1.807) is 0 Å². The SMILES string of the molecule is O=S(=O)(I)CCCF. The molecule has 2 nitrogen and oxygen atoms in total. The lowest BCUT2D eigenvalue weighted by atomic mass is 10.6. The molecule has 0 amide bonds. The minimum Gasteiger partial charge on any atom is -0.251 e. The van der Waals surface area contributed by atoms with Gasteiger partial charge >= 0.3 is 0 Å². The van der Waals surface area contributed by atoms with E-state index >= 15 is 0 Å². The standard InChI is InChI=1S/C3H6FIO2S/c4-2-1-3-8(5,6)7/h1-3H2. The molecular formula is C3H6FIO2S. The van der Waals surface area contributed by atoms with Crippen molar-refractivity contribution in [3.8, 4) is 0 Å². The van der Waals surface area contributed by atoms with Gasteiger partial charge in [-0.15, -0.1) is 0 Å². The first kappa shape index (κ1) is 8.61. The molecule has 8 heavy (non-hydrogen) atoms. The van der Waals surface area contributed by atoms with Crippen molar-refractivity contribution in [2.24, 2.45) is 0 Å². The highest BCUT2D eigenvalue weighted by Gasteiger charge is 2.01. The van der Waals surface area contributed by atoms with Crippen molar-refractivity contribution in [1.82, 2.24) is 0 Å². The molecule has 5 heteroatoms. The fourth-order valence-corrected chi connectivity index (χ4v) is 1.62. The van der Waals surface area contributed by atoms with Crippen molar-refractivity contribution in [3.63, 3.8) is 0 Å². The third-order valence-corrected chi connectivity index (χ3v) is 2.62. The number of halogens is 2. The molecule has 0 rings (SSSR count). The van der Waals surface area contributed by atoms with Crippen LogP contribution in [0.3, 0.4) is 0 Å². The maximum atomic E-state index is 11.3. The van der Waals surface area contributed by atoms with Crippen LogP contribution in [0, 0.1) is 0 Å². The molecule has 0 N–H and O–H groups in total. The molecule has 0 bridgehead atoms. The Balaban J connectivity index is 3.42. The molecule has 0 aliphatic heterocycles. The van der Waals surface area contributed by atoms with E-state index in [1.807, 2.05) is 0 Å². The van der Waals surface area contributed by atoms with Crippen molar-refractivity contribution in [2.75, 3.05) is 12.4 Å². The lowest BCUT2D eigenvalue weighted by molar-refractivity contribution is 0.486. The van der Waals surface area contributed by atoms with Crippen molar-refractivity contribution in [2.45, 2.75) is 6.42 Å². The van der Waals surface area contributed by atoms with Crippen molar-refractivity contribution < 1.29 is 12.8 Å². The van der Waals surface area contributed by atoms with Gasteiger partial charge in [0.1, 0.15) is 0 Å². The molecule has 0 spiro atoms. The Morgan fingerprint density at radius 1 is 1.50 bits per heavy atom. The van der Waals surface area contributed by atoms with Crippen LogP contribution in [0.4, 0.5) is 4.39 Å². The van der Waals surface area contributed by atoms with E-state index in [4.69, 9.17) is 0 Å². The normalized spacial score (nSPS) is 11.8. The second-order valence-electron chi connectivity index (χ2n) is 1.29. The van der Waals surface area contributed by atoms with Gasteiger partial charge in [0.2, 0.25) is 7.01 Å². The van der Waals surface area contributed by atoms with E-state index in [2.05, 4.69) is 0 Å². The predicted octanol–water partition coefficient (Wildman–Crippen LogP) is 1.11. The van der Waals surface area contributed by atoms with Crippen LogP contribution in [0.1, 0.15) is 6.42 Å². The van der Waals surface area contributed by atoms with Gasteiger partial charge in [0.05, 0.1) is 33.6 Å². The summed E-state index contributed by atoms with van der Waals surface area (Å²) in [6, 6.07) is 0. The van der Waals surface area contributed by atoms with Gasteiger partial charge in [0.15, 0.2) is 0 Å². The van der Waals surface area contributed by atoms with E-state index in [-0.39, 0.29) is 12.2 Å². The average molecular weight is 252 g/mol. The van der Waals surface area contributed by atoms with Gasteiger partial charge in [-0.05, 0) is 6.42 Å². The fourth-order valence-electron chi connectivity index (χ4n) is 0.227. The minimum absolute atomic E-state index is 0.0515. The first-order valence-electron chi connectivity index (χ1n) is 2.04. The molecule has 0 atom stereocenters. The average Bonchev–Trinajstić information content (AvgIpc) is 1.59. The summed E-state index contributed by atoms with van der Waals surface area (Å²) in [6.07, 6.45) is 0.116. The zero-order valence-corrected chi connectivity index (χ0v) is 7.08. The van der Waals surface area contributed by atoms with E-state index < -0.39 is 13.7 Å². The molecule has 0 saturated carbocycles. The number of hydrogen-bond donors (Lipinski definition) is 0. The molecule has 50 valence electrons. The van der Waals surface area contributed by atoms with Gasteiger partial charge in [-0.1, -0.05) is 0 Å². The minimum atomic E-state index is -2.96. The molecule has 0 aromatic heterocycles. The van der Waals surface area contributed by atoms with Crippen LogP contribution in [-0.2, 0) is 7.01 Å². The maximum Gasteiger partial charge on any atom is 0.203 e. The van der Waals surface area contributed by atoms with E-state index in [1.165, 1.54) is 21.2 Å². The van der Waals surface area contributed by atoms with Crippen LogP contribution in [-0.4, -0.2) is 20.8 Å². The Bertz CT molecular complexity index is 141. The molecule has 0 heterocycles. The summed E-state index contributed by atoms with van der Waals surface area (Å²) in [7, 11) is -2.96. The molecule has 0 aliphatic rings. The van der Waals surface area contributed by atoms with Gasteiger partial charge in [0, 0.05) is 0 Å². The molecule has 0 aliphatic carbocycles. The topological polar surface area (TPSA) is 34.1 Å². The summed E-state index contributed by atoms with van der Waals surface area (Å²) >= 11 is 1.31. The van der Waals surface area contributed by atoms with Crippen LogP contribution in [0.5, 0.6) is 0 Å². The Labute approximate surface area is 60.0 Å². The van der Waals surface area contributed by atoms with Crippen LogP contribution in [0.15, 0.2) is 0 Å². The third kappa shape index (κ3) is 6.61. The fraction of sp³-hybridized carbons (Fsp3) is 1.00. The zero-order chi connectivity index (χ0) is 6.62.